The second-order valence-corrected chi connectivity index (χ2v) is 7.52. The summed E-state index contributed by atoms with van der Waals surface area (Å²) in [6.45, 7) is 2.15. The Hall–Kier alpha value is -2.14. The summed E-state index contributed by atoms with van der Waals surface area (Å²) < 4.78 is 5.35. The molecule has 0 atom stereocenters. The highest BCUT2D eigenvalue weighted by Gasteiger charge is 2.34. The number of hydrogen-bond donors (Lipinski definition) is 2. The lowest BCUT2D eigenvalue weighted by atomic mass is 9.89. The van der Waals surface area contributed by atoms with Crippen molar-refractivity contribution in [2.24, 2.45) is 0 Å². The minimum Gasteiger partial charge on any atom is -0.493 e. The zero-order chi connectivity index (χ0) is 18.4. The highest BCUT2D eigenvalue weighted by atomic mass is 32.1. The lowest BCUT2D eigenvalue weighted by Crippen LogP contribution is -2.48. The molecule has 26 heavy (non-hydrogen) atoms. The van der Waals surface area contributed by atoms with E-state index < -0.39 is 0 Å². The Morgan fingerprint density at radius 3 is 2.77 bits per heavy atom. The van der Waals surface area contributed by atoms with E-state index in [9.17, 15) is 0 Å². The normalized spacial score (nSPS) is 15.5. The first kappa shape index (κ1) is 18.6. The number of rotatable bonds is 6. The summed E-state index contributed by atoms with van der Waals surface area (Å²) in [7, 11) is 1.64. The van der Waals surface area contributed by atoms with Gasteiger partial charge in [0.05, 0.1) is 7.11 Å². The molecule has 0 unspecified atom stereocenters. The summed E-state index contributed by atoms with van der Waals surface area (Å²) in [5.41, 5.74) is 2.77. The second kappa shape index (κ2) is 8.49. The van der Waals surface area contributed by atoms with Crippen LogP contribution in [-0.4, -0.2) is 22.7 Å². The summed E-state index contributed by atoms with van der Waals surface area (Å²) in [6, 6.07) is 12.5. The summed E-state index contributed by atoms with van der Waals surface area (Å²) in [5, 5.41) is 7.43. The third kappa shape index (κ3) is 4.73. The van der Waals surface area contributed by atoms with Gasteiger partial charge in [-0.3, -0.25) is 0 Å². The summed E-state index contributed by atoms with van der Waals surface area (Å²) in [5.74, 6) is 1.34. The first-order chi connectivity index (χ1) is 12.6. The van der Waals surface area contributed by atoms with Crippen LogP contribution < -0.4 is 15.4 Å². The molecule has 2 N–H and O–H groups in total. The molecule has 0 saturated heterocycles. The van der Waals surface area contributed by atoms with Crippen molar-refractivity contribution < 1.29 is 4.74 Å². The number of methoxy groups -OCH3 is 1. The average Bonchev–Trinajstić information content (AvgIpc) is 3.09. The van der Waals surface area contributed by atoms with E-state index in [0.29, 0.717) is 16.7 Å². The van der Waals surface area contributed by atoms with E-state index in [2.05, 4.69) is 46.8 Å². The van der Waals surface area contributed by atoms with Crippen LogP contribution in [0, 0.1) is 6.92 Å². The zero-order valence-electron chi connectivity index (χ0n) is 15.5. The summed E-state index contributed by atoms with van der Waals surface area (Å²) in [6.07, 6.45) is 8.67. The maximum absolute atomic E-state index is 5.59. The predicted molar refractivity (Wildman–Crippen MR) is 111 cm³/mol. The third-order valence-corrected chi connectivity index (χ3v) is 5.34. The number of benzene rings is 1. The molecule has 2 aromatic rings. The largest absolute Gasteiger partial charge is 0.493 e. The van der Waals surface area contributed by atoms with Crippen molar-refractivity contribution in [2.75, 3.05) is 12.4 Å². The number of pyridine rings is 1. The van der Waals surface area contributed by atoms with Crippen molar-refractivity contribution in [3.63, 3.8) is 0 Å². The number of hydrogen-bond acceptors (Lipinski definition) is 3. The van der Waals surface area contributed by atoms with Gasteiger partial charge in [0.25, 0.3) is 0 Å². The van der Waals surface area contributed by atoms with Crippen molar-refractivity contribution in [3.8, 4) is 5.75 Å². The third-order valence-electron chi connectivity index (χ3n) is 5.14. The standard InChI is InChI=1S/C21H27N3OS/c1-16-7-5-8-17(15-16)10-13-21(11-3-4-12-21)24-20(26)23-19-18(25-2)9-6-14-22-19/h5-9,14-15H,3-4,10-13H2,1-2H3,(H2,22,23,24,26). The van der Waals surface area contributed by atoms with Crippen LogP contribution in [0.2, 0.25) is 0 Å². The van der Waals surface area contributed by atoms with Crippen LogP contribution in [0.15, 0.2) is 42.6 Å². The van der Waals surface area contributed by atoms with Gasteiger partial charge in [0, 0.05) is 11.7 Å². The molecular formula is C21H27N3OS. The van der Waals surface area contributed by atoms with Crippen LogP contribution in [0.1, 0.15) is 43.2 Å². The fourth-order valence-electron chi connectivity index (χ4n) is 3.77. The number of nitrogens with one attached hydrogen (secondary N) is 2. The van der Waals surface area contributed by atoms with E-state index >= 15 is 0 Å². The Morgan fingerprint density at radius 2 is 2.04 bits per heavy atom. The highest BCUT2D eigenvalue weighted by molar-refractivity contribution is 7.80. The molecule has 0 bridgehead atoms. The zero-order valence-corrected chi connectivity index (χ0v) is 16.4. The first-order valence-electron chi connectivity index (χ1n) is 9.24. The van der Waals surface area contributed by atoms with Crippen LogP contribution >= 0.6 is 12.2 Å². The fraction of sp³-hybridized carbons (Fsp3) is 0.429. The van der Waals surface area contributed by atoms with Crippen molar-refractivity contribution in [1.82, 2.24) is 10.3 Å². The minimum atomic E-state index is 0.0653. The van der Waals surface area contributed by atoms with Crippen LogP contribution in [0.5, 0.6) is 5.75 Å². The van der Waals surface area contributed by atoms with Crippen molar-refractivity contribution in [1.29, 1.82) is 0 Å². The van der Waals surface area contributed by atoms with E-state index in [-0.39, 0.29) is 5.54 Å². The Kier molecular flexibility index (Phi) is 6.09. The van der Waals surface area contributed by atoms with Crippen LogP contribution in [0.3, 0.4) is 0 Å². The maximum atomic E-state index is 5.59. The molecule has 138 valence electrons. The molecule has 5 heteroatoms. The molecule has 1 aliphatic carbocycles. The molecule has 1 fully saturated rings. The molecule has 0 amide bonds. The van der Waals surface area contributed by atoms with Crippen molar-refractivity contribution in [2.45, 2.75) is 51.0 Å². The van der Waals surface area contributed by atoms with Gasteiger partial charge in [0.1, 0.15) is 0 Å². The average molecular weight is 370 g/mol. The first-order valence-corrected chi connectivity index (χ1v) is 9.65. The lowest BCUT2D eigenvalue weighted by Gasteiger charge is -2.32. The SMILES string of the molecule is COc1cccnc1NC(=S)NC1(CCc2cccc(C)c2)CCCC1. The second-order valence-electron chi connectivity index (χ2n) is 7.11. The van der Waals surface area contributed by atoms with Crippen LogP contribution in [0.4, 0.5) is 5.82 Å². The Balaban J connectivity index is 1.64. The van der Waals surface area contributed by atoms with E-state index in [1.165, 1.54) is 24.0 Å². The van der Waals surface area contributed by atoms with Crippen molar-refractivity contribution in [3.05, 3.63) is 53.7 Å². The van der Waals surface area contributed by atoms with Gasteiger partial charge in [-0.15, -0.1) is 0 Å². The topological polar surface area (TPSA) is 46.2 Å². The molecule has 0 aliphatic heterocycles. The predicted octanol–water partition coefficient (Wildman–Crippen LogP) is 4.63. The molecular weight excluding hydrogens is 342 g/mol. The van der Waals surface area contributed by atoms with Gasteiger partial charge >= 0.3 is 0 Å². The smallest absolute Gasteiger partial charge is 0.174 e. The Bertz CT molecular complexity index is 756. The molecule has 0 spiro atoms. The molecule has 1 heterocycles. The molecule has 3 rings (SSSR count). The van der Waals surface area contributed by atoms with Crippen LogP contribution in [-0.2, 0) is 6.42 Å². The highest BCUT2D eigenvalue weighted by Crippen LogP contribution is 2.34. The van der Waals surface area contributed by atoms with Crippen molar-refractivity contribution >= 4 is 23.1 Å². The molecule has 1 aliphatic rings. The fourth-order valence-corrected chi connectivity index (χ4v) is 4.08. The van der Waals surface area contributed by atoms with Gasteiger partial charge in [0.15, 0.2) is 16.7 Å². The number of aromatic nitrogens is 1. The van der Waals surface area contributed by atoms with Gasteiger partial charge in [-0.1, -0.05) is 42.7 Å². The molecule has 1 saturated carbocycles. The van der Waals surface area contributed by atoms with E-state index in [0.717, 1.165) is 25.7 Å². The Morgan fingerprint density at radius 1 is 1.23 bits per heavy atom. The van der Waals surface area contributed by atoms with E-state index in [1.807, 2.05) is 12.1 Å². The van der Waals surface area contributed by atoms with E-state index in [1.54, 1.807) is 13.3 Å². The molecule has 1 aromatic carbocycles. The molecule has 0 radical (unpaired) electrons. The van der Waals surface area contributed by atoms with Crippen LogP contribution in [0.25, 0.3) is 0 Å². The minimum absolute atomic E-state index is 0.0653. The van der Waals surface area contributed by atoms with Gasteiger partial charge < -0.3 is 15.4 Å². The molecule has 1 aromatic heterocycles. The number of anilines is 1. The number of nitrogens with zero attached hydrogens (tertiary/aromatic N) is 1. The summed E-state index contributed by atoms with van der Waals surface area (Å²) in [4.78, 5) is 4.33. The van der Waals surface area contributed by atoms with Gasteiger partial charge in [-0.05, 0) is 62.5 Å². The quantitative estimate of drug-likeness (QED) is 0.727. The number of ether oxygens (including phenoxy) is 1. The maximum Gasteiger partial charge on any atom is 0.174 e. The Labute approximate surface area is 161 Å². The van der Waals surface area contributed by atoms with E-state index in [4.69, 9.17) is 17.0 Å². The number of aryl methyl sites for hydroxylation is 2. The molecule has 4 nitrogen and oxygen atoms in total. The van der Waals surface area contributed by atoms with Gasteiger partial charge in [0.2, 0.25) is 0 Å². The lowest BCUT2D eigenvalue weighted by molar-refractivity contribution is 0.362. The van der Waals surface area contributed by atoms with Gasteiger partial charge in [-0.25, -0.2) is 4.98 Å². The monoisotopic (exact) mass is 369 g/mol. The number of thiocarbonyl (C=S) groups is 1. The summed E-state index contributed by atoms with van der Waals surface area (Å²) >= 11 is 5.59. The van der Waals surface area contributed by atoms with Gasteiger partial charge in [-0.2, -0.15) is 0 Å².